The molecule has 0 saturated heterocycles. The van der Waals surface area contributed by atoms with Gasteiger partial charge in [0.15, 0.2) is 0 Å². The monoisotopic (exact) mass is 1140 g/mol. The van der Waals surface area contributed by atoms with E-state index in [2.05, 4.69) is 328 Å². The highest BCUT2D eigenvalue weighted by Crippen LogP contribution is 2.53. The van der Waals surface area contributed by atoms with E-state index in [1.807, 2.05) is 0 Å². The molecule has 0 amide bonds. The third kappa shape index (κ3) is 8.12. The summed E-state index contributed by atoms with van der Waals surface area (Å²) in [4.78, 5) is 0. The van der Waals surface area contributed by atoms with Crippen molar-refractivity contribution in [2.24, 2.45) is 0 Å². The van der Waals surface area contributed by atoms with Gasteiger partial charge in [-0.25, -0.2) is 0 Å². The molecule has 0 radical (unpaired) electrons. The summed E-state index contributed by atoms with van der Waals surface area (Å²) >= 11 is 0. The molecular weight excluding hydrogens is 1090 g/mol. The van der Waals surface area contributed by atoms with E-state index in [0.717, 1.165) is 93.9 Å². The van der Waals surface area contributed by atoms with Crippen LogP contribution in [0.4, 0.5) is 0 Å². The Morgan fingerprint density at radius 3 is 1.04 bits per heavy atom. The fourth-order valence-electron chi connectivity index (χ4n) is 14.8. The lowest BCUT2D eigenvalue weighted by molar-refractivity contribution is 0.669. The second-order valence-corrected chi connectivity index (χ2v) is 23.6. The number of furan rings is 2. The van der Waals surface area contributed by atoms with E-state index in [9.17, 15) is 0 Å². The molecule has 0 unspecified atom stereocenters. The highest BCUT2D eigenvalue weighted by molar-refractivity contribution is 6.29. The molecule has 0 fully saturated rings. The minimum absolute atomic E-state index is 0.866. The lowest BCUT2D eigenvalue weighted by Crippen LogP contribution is -1.94. The van der Waals surface area contributed by atoms with Crippen LogP contribution >= 0.6 is 0 Å². The van der Waals surface area contributed by atoms with Crippen molar-refractivity contribution in [2.45, 2.75) is 0 Å². The number of benzene rings is 16. The van der Waals surface area contributed by atoms with Gasteiger partial charge in [-0.2, -0.15) is 0 Å². The van der Waals surface area contributed by atoms with Crippen molar-refractivity contribution in [1.29, 1.82) is 0 Å². The van der Waals surface area contributed by atoms with Crippen LogP contribution in [0.5, 0.6) is 0 Å². The van der Waals surface area contributed by atoms with Gasteiger partial charge in [-0.1, -0.05) is 303 Å². The van der Waals surface area contributed by atoms with E-state index in [1.165, 1.54) is 93.2 Å². The molecule has 2 nitrogen and oxygen atoms in total. The molecule has 0 spiro atoms. The molecule has 418 valence electrons. The van der Waals surface area contributed by atoms with Gasteiger partial charge in [0.25, 0.3) is 0 Å². The second kappa shape index (κ2) is 21.0. The van der Waals surface area contributed by atoms with Crippen molar-refractivity contribution in [3.8, 4) is 100 Å². The number of hydrogen-bond donors (Lipinski definition) is 0. The molecule has 18 aromatic rings. The van der Waals surface area contributed by atoms with Gasteiger partial charge in [0.2, 0.25) is 0 Å². The normalized spacial score (nSPS) is 11.8. The minimum Gasteiger partial charge on any atom is -0.455 e. The smallest absolute Gasteiger partial charge is 0.143 e. The van der Waals surface area contributed by atoms with E-state index < -0.39 is 0 Å². The van der Waals surface area contributed by atoms with Crippen molar-refractivity contribution >= 4 is 87.0 Å². The minimum atomic E-state index is 0.866. The average Bonchev–Trinajstić information content (AvgIpc) is 1.17. The molecule has 0 atom stereocenters. The Morgan fingerprint density at radius 2 is 0.478 bits per heavy atom. The van der Waals surface area contributed by atoms with Crippen molar-refractivity contribution in [1.82, 2.24) is 0 Å². The molecule has 0 saturated carbocycles. The third-order valence-corrected chi connectivity index (χ3v) is 18.7. The molecule has 0 aliphatic carbocycles. The predicted molar refractivity (Wildman–Crippen MR) is 380 cm³/mol. The van der Waals surface area contributed by atoms with E-state index in [0.29, 0.717) is 0 Å². The molecule has 2 heteroatoms. The maximum atomic E-state index is 7.06. The summed E-state index contributed by atoms with van der Waals surface area (Å²) in [5, 5.41) is 14.0. The van der Waals surface area contributed by atoms with Crippen molar-refractivity contribution in [3.05, 3.63) is 328 Å². The van der Waals surface area contributed by atoms with Crippen LogP contribution < -0.4 is 0 Å². The lowest BCUT2D eigenvalue weighted by Gasteiger charge is -2.21. The largest absolute Gasteiger partial charge is 0.455 e. The van der Waals surface area contributed by atoms with Crippen LogP contribution in [-0.2, 0) is 0 Å². The fraction of sp³-hybridized carbons (Fsp3) is 0. The van der Waals surface area contributed by atoms with Gasteiger partial charge >= 0.3 is 0 Å². The molecule has 18 rings (SSSR count). The maximum Gasteiger partial charge on any atom is 0.143 e. The summed E-state index contributed by atoms with van der Waals surface area (Å²) in [6, 6.07) is 119. The zero-order valence-corrected chi connectivity index (χ0v) is 49.0. The first-order valence-electron chi connectivity index (χ1n) is 31.0. The molecule has 90 heavy (non-hydrogen) atoms. The molecular formula is C88H54O2. The molecule has 16 aromatic carbocycles. The van der Waals surface area contributed by atoms with Crippen LogP contribution in [0.1, 0.15) is 0 Å². The van der Waals surface area contributed by atoms with Gasteiger partial charge in [-0.3, -0.25) is 0 Å². The molecule has 0 bridgehead atoms. The Labute approximate surface area is 520 Å². The van der Waals surface area contributed by atoms with E-state index in [-0.39, 0.29) is 0 Å². The molecule has 0 aliphatic heterocycles. The number of hydrogen-bond acceptors (Lipinski definition) is 2. The van der Waals surface area contributed by atoms with Gasteiger partial charge in [0.05, 0.1) is 0 Å². The first-order valence-corrected chi connectivity index (χ1v) is 31.0. The highest BCUT2D eigenvalue weighted by Gasteiger charge is 2.26. The van der Waals surface area contributed by atoms with Crippen LogP contribution in [0, 0.1) is 0 Å². The molecule has 2 aromatic heterocycles. The maximum absolute atomic E-state index is 7.06. The SMILES string of the molecule is c1ccc(-c2cc(-c3ccc(-c4ccc(-c5c6ccccc6c(-c6ccccc6-c6ccccc6)c6ccccc56)c5c4oc4ccccc45)cc3)ccc2-c2c3ccccc3c(-c3cccc4oc5c(-c6ccccc6)cccc5c34)c3ccccc23)cc1. The van der Waals surface area contributed by atoms with Crippen molar-refractivity contribution < 1.29 is 8.83 Å². The van der Waals surface area contributed by atoms with Crippen LogP contribution in [0.2, 0.25) is 0 Å². The summed E-state index contributed by atoms with van der Waals surface area (Å²) in [6.45, 7) is 0. The quantitative estimate of drug-likeness (QED) is 0.135. The second-order valence-electron chi connectivity index (χ2n) is 23.6. The third-order valence-electron chi connectivity index (χ3n) is 18.7. The number of rotatable bonds is 9. The zero-order chi connectivity index (χ0) is 59.2. The lowest BCUT2D eigenvalue weighted by atomic mass is 9.82. The fourth-order valence-corrected chi connectivity index (χ4v) is 14.8. The van der Waals surface area contributed by atoms with Crippen LogP contribution in [0.15, 0.2) is 336 Å². The summed E-state index contributed by atoms with van der Waals surface area (Å²) in [6.07, 6.45) is 0. The van der Waals surface area contributed by atoms with Gasteiger partial charge in [0.1, 0.15) is 22.3 Å². The summed E-state index contributed by atoms with van der Waals surface area (Å²) in [5.74, 6) is 0. The Kier molecular flexibility index (Phi) is 12.0. The Bertz CT molecular complexity index is 5760. The standard InChI is InChI=1S/C88H54O2/c1-4-24-56(25-5-1)61-30-10-11-31-64(61)81-65-32-12-18-38-71(65)84(72-39-19-13-33-66(72)81)76-53-52-63(88-86(76)74-40-20-21-44-79(74)89-88)59-48-46-55(47-49-59)60-50-51-73(78(54-60)58-28-8-3-9-29-58)82-67-34-14-16-36-69(67)83(70-37-17-15-35-68(70)82)75-42-23-45-80-85(75)77-43-22-41-62(87(77)90-80)57-26-6-2-7-27-57/h1-54H. The zero-order valence-electron chi connectivity index (χ0n) is 49.0. The topological polar surface area (TPSA) is 26.3 Å². The van der Waals surface area contributed by atoms with Crippen molar-refractivity contribution in [3.63, 3.8) is 0 Å². The Hall–Kier alpha value is -11.8. The van der Waals surface area contributed by atoms with Gasteiger partial charge in [-0.15, -0.1) is 0 Å². The Morgan fingerprint density at radius 1 is 0.156 bits per heavy atom. The highest BCUT2D eigenvalue weighted by atomic mass is 16.3. The summed E-state index contributed by atoms with van der Waals surface area (Å²) in [5.41, 5.74) is 24.5. The number of para-hydroxylation sites is 2. The van der Waals surface area contributed by atoms with E-state index in [4.69, 9.17) is 8.83 Å². The first kappa shape index (κ1) is 51.4. The first-order chi connectivity index (χ1) is 44.7. The van der Waals surface area contributed by atoms with E-state index in [1.54, 1.807) is 0 Å². The number of fused-ring (bicyclic) bond motifs is 10. The van der Waals surface area contributed by atoms with Crippen molar-refractivity contribution in [2.75, 3.05) is 0 Å². The van der Waals surface area contributed by atoms with Crippen LogP contribution in [0.3, 0.4) is 0 Å². The summed E-state index contributed by atoms with van der Waals surface area (Å²) in [7, 11) is 0. The summed E-state index contributed by atoms with van der Waals surface area (Å²) < 4.78 is 13.9. The Balaban J connectivity index is 0.773. The van der Waals surface area contributed by atoms with E-state index >= 15 is 0 Å². The molecule has 0 N–H and O–H groups in total. The van der Waals surface area contributed by atoms with Crippen LogP contribution in [0.25, 0.3) is 187 Å². The van der Waals surface area contributed by atoms with Gasteiger partial charge in [0, 0.05) is 32.7 Å². The molecule has 2 heterocycles. The van der Waals surface area contributed by atoms with Gasteiger partial charge < -0.3 is 8.83 Å². The average molecular weight is 1140 g/mol. The van der Waals surface area contributed by atoms with Crippen LogP contribution in [-0.4, -0.2) is 0 Å². The molecule has 0 aliphatic rings. The van der Waals surface area contributed by atoms with Gasteiger partial charge in [-0.05, 0) is 156 Å². The predicted octanol–water partition coefficient (Wildman–Crippen LogP) is 25.1.